The van der Waals surface area contributed by atoms with Crippen LogP contribution in [0, 0.1) is 0 Å². The maximum Gasteiger partial charge on any atom is 0.138 e. The molecule has 0 radical (unpaired) electrons. The molecule has 3 aromatic rings. The summed E-state index contributed by atoms with van der Waals surface area (Å²) in [7, 11) is 0. The number of nitrogens with zero attached hydrogens (tertiary/aromatic N) is 1. The molecular weight excluding hydrogens is 186 g/mol. The van der Waals surface area contributed by atoms with Gasteiger partial charge in [0.2, 0.25) is 0 Å². The minimum atomic E-state index is 0.555. The molecule has 3 nitrogen and oxygen atoms in total. The Kier molecular flexibility index (Phi) is 1.73. The second-order valence-corrected chi connectivity index (χ2v) is 3.57. The van der Waals surface area contributed by atoms with Crippen molar-refractivity contribution in [1.29, 1.82) is 0 Å². The summed E-state index contributed by atoms with van der Waals surface area (Å²) >= 11 is 0. The predicted molar refractivity (Wildman–Crippen MR) is 61.5 cm³/mol. The number of hydrogen-bond donors (Lipinski definition) is 2. The molecule has 0 atom stereocenters. The number of H-pyrrole nitrogens is 1. The van der Waals surface area contributed by atoms with Crippen LogP contribution in [0.4, 0.5) is 0 Å². The second kappa shape index (κ2) is 3.07. The number of rotatable bonds is 1. The number of nitrogens with one attached hydrogen (secondary N) is 1. The van der Waals surface area contributed by atoms with Gasteiger partial charge in [0, 0.05) is 29.0 Å². The van der Waals surface area contributed by atoms with Gasteiger partial charge in [0.25, 0.3) is 0 Å². The zero-order valence-corrected chi connectivity index (χ0v) is 8.20. The molecule has 0 amide bonds. The normalized spacial score (nSPS) is 11.3. The van der Waals surface area contributed by atoms with Crippen molar-refractivity contribution in [3.05, 3.63) is 42.1 Å². The highest BCUT2D eigenvalue weighted by Crippen LogP contribution is 2.26. The van der Waals surface area contributed by atoms with E-state index in [4.69, 9.17) is 5.73 Å². The van der Waals surface area contributed by atoms with Gasteiger partial charge in [-0.1, -0.05) is 12.1 Å². The molecule has 0 saturated heterocycles. The number of benzene rings is 1. The summed E-state index contributed by atoms with van der Waals surface area (Å²) in [6, 6.07) is 10.1. The summed E-state index contributed by atoms with van der Waals surface area (Å²) < 4.78 is 0. The molecule has 0 spiro atoms. The van der Waals surface area contributed by atoms with Crippen LogP contribution in [0.25, 0.3) is 21.9 Å². The van der Waals surface area contributed by atoms with Crippen LogP contribution in [0.2, 0.25) is 0 Å². The van der Waals surface area contributed by atoms with E-state index >= 15 is 0 Å². The first-order valence-corrected chi connectivity index (χ1v) is 4.94. The molecule has 0 unspecified atom stereocenters. The van der Waals surface area contributed by atoms with Crippen molar-refractivity contribution >= 4 is 21.9 Å². The molecule has 0 aliphatic heterocycles. The number of aromatic nitrogens is 2. The number of hydrogen-bond acceptors (Lipinski definition) is 2. The van der Waals surface area contributed by atoms with Crippen LogP contribution >= 0.6 is 0 Å². The van der Waals surface area contributed by atoms with Crippen LogP contribution in [0.1, 0.15) is 5.56 Å². The summed E-state index contributed by atoms with van der Waals surface area (Å²) in [4.78, 5) is 7.58. The Morgan fingerprint density at radius 3 is 3.00 bits per heavy atom. The van der Waals surface area contributed by atoms with Crippen molar-refractivity contribution in [2.75, 3.05) is 0 Å². The Morgan fingerprint density at radius 1 is 1.20 bits per heavy atom. The molecule has 15 heavy (non-hydrogen) atoms. The fourth-order valence-electron chi connectivity index (χ4n) is 2.03. The molecule has 3 heteroatoms. The van der Waals surface area contributed by atoms with Crippen LogP contribution in [-0.2, 0) is 6.54 Å². The van der Waals surface area contributed by atoms with Crippen LogP contribution in [-0.4, -0.2) is 9.97 Å². The molecule has 1 aromatic carbocycles. The van der Waals surface area contributed by atoms with Crippen molar-refractivity contribution < 1.29 is 0 Å². The fourth-order valence-corrected chi connectivity index (χ4v) is 2.03. The summed E-state index contributed by atoms with van der Waals surface area (Å²) in [6.45, 7) is 0.555. The maximum absolute atomic E-state index is 5.73. The van der Waals surface area contributed by atoms with Gasteiger partial charge in [-0.05, 0) is 23.8 Å². The number of pyridine rings is 1. The Balaban J connectivity index is 2.56. The zero-order chi connectivity index (χ0) is 10.3. The van der Waals surface area contributed by atoms with E-state index in [1.54, 1.807) is 6.20 Å². The highest BCUT2D eigenvalue weighted by Gasteiger charge is 2.07. The first-order valence-electron chi connectivity index (χ1n) is 4.94. The maximum atomic E-state index is 5.73. The smallest absolute Gasteiger partial charge is 0.138 e. The van der Waals surface area contributed by atoms with E-state index < -0.39 is 0 Å². The SMILES string of the molecule is NCc1cccc2[nH]c3ncccc3c12. The Hall–Kier alpha value is -1.87. The van der Waals surface area contributed by atoms with Gasteiger partial charge in [0.15, 0.2) is 0 Å². The highest BCUT2D eigenvalue weighted by molar-refractivity contribution is 6.07. The number of aromatic amines is 1. The highest BCUT2D eigenvalue weighted by atomic mass is 14.8. The molecule has 0 aliphatic carbocycles. The van der Waals surface area contributed by atoms with Crippen LogP contribution < -0.4 is 5.73 Å². The average Bonchev–Trinajstić information content (AvgIpc) is 2.67. The third-order valence-corrected chi connectivity index (χ3v) is 2.70. The lowest BCUT2D eigenvalue weighted by Gasteiger charge is -1.98. The molecule has 0 saturated carbocycles. The predicted octanol–water partition coefficient (Wildman–Crippen LogP) is 2.17. The van der Waals surface area contributed by atoms with Gasteiger partial charge in [0.05, 0.1) is 0 Å². The molecule has 74 valence electrons. The van der Waals surface area contributed by atoms with Crippen molar-refractivity contribution in [1.82, 2.24) is 9.97 Å². The van der Waals surface area contributed by atoms with Gasteiger partial charge in [-0.15, -0.1) is 0 Å². The topological polar surface area (TPSA) is 54.7 Å². The van der Waals surface area contributed by atoms with E-state index in [1.807, 2.05) is 12.1 Å². The fraction of sp³-hybridized carbons (Fsp3) is 0.0833. The first kappa shape index (κ1) is 8.44. The largest absolute Gasteiger partial charge is 0.339 e. The molecule has 0 fully saturated rings. The van der Waals surface area contributed by atoms with Gasteiger partial charge in [-0.25, -0.2) is 4.98 Å². The minimum absolute atomic E-state index is 0.555. The van der Waals surface area contributed by atoms with E-state index in [-0.39, 0.29) is 0 Å². The molecule has 2 heterocycles. The summed E-state index contributed by atoms with van der Waals surface area (Å²) in [5.74, 6) is 0. The van der Waals surface area contributed by atoms with Gasteiger partial charge in [0.1, 0.15) is 5.65 Å². The third-order valence-electron chi connectivity index (χ3n) is 2.70. The Bertz CT molecular complexity index is 625. The van der Waals surface area contributed by atoms with Crippen LogP contribution in [0.3, 0.4) is 0 Å². The zero-order valence-electron chi connectivity index (χ0n) is 8.20. The van der Waals surface area contributed by atoms with E-state index in [2.05, 4.69) is 28.2 Å². The Morgan fingerprint density at radius 2 is 2.13 bits per heavy atom. The molecule has 0 bridgehead atoms. The van der Waals surface area contributed by atoms with E-state index in [9.17, 15) is 0 Å². The number of nitrogens with two attached hydrogens (primary N) is 1. The van der Waals surface area contributed by atoms with Gasteiger partial charge >= 0.3 is 0 Å². The standard InChI is InChI=1S/C12H11N3/c13-7-8-3-1-5-10-11(8)9-4-2-6-14-12(9)15-10/h1-6H,7,13H2,(H,14,15). The van der Waals surface area contributed by atoms with Crippen LogP contribution in [0.5, 0.6) is 0 Å². The minimum Gasteiger partial charge on any atom is -0.339 e. The second-order valence-electron chi connectivity index (χ2n) is 3.57. The third kappa shape index (κ3) is 1.13. The van der Waals surface area contributed by atoms with Crippen molar-refractivity contribution in [2.45, 2.75) is 6.54 Å². The van der Waals surface area contributed by atoms with E-state index in [0.717, 1.165) is 22.1 Å². The summed E-state index contributed by atoms with van der Waals surface area (Å²) in [6.07, 6.45) is 1.79. The molecule has 2 aromatic heterocycles. The van der Waals surface area contributed by atoms with Crippen molar-refractivity contribution in [2.24, 2.45) is 5.73 Å². The van der Waals surface area contributed by atoms with E-state index in [1.165, 1.54) is 5.39 Å². The molecule has 0 aliphatic rings. The molecular formula is C12H11N3. The summed E-state index contributed by atoms with van der Waals surface area (Å²) in [5.41, 5.74) is 8.92. The summed E-state index contributed by atoms with van der Waals surface area (Å²) in [5, 5.41) is 2.34. The Labute approximate surface area is 86.9 Å². The lowest BCUT2D eigenvalue weighted by molar-refractivity contribution is 1.09. The first-order chi connectivity index (χ1) is 7.40. The van der Waals surface area contributed by atoms with Gasteiger partial charge in [-0.3, -0.25) is 0 Å². The average molecular weight is 197 g/mol. The quantitative estimate of drug-likeness (QED) is 0.628. The van der Waals surface area contributed by atoms with Crippen molar-refractivity contribution in [3.63, 3.8) is 0 Å². The van der Waals surface area contributed by atoms with Gasteiger partial charge < -0.3 is 10.7 Å². The van der Waals surface area contributed by atoms with Gasteiger partial charge in [-0.2, -0.15) is 0 Å². The van der Waals surface area contributed by atoms with Crippen LogP contribution in [0.15, 0.2) is 36.5 Å². The monoisotopic (exact) mass is 197 g/mol. The lowest BCUT2D eigenvalue weighted by Crippen LogP contribution is -1.96. The van der Waals surface area contributed by atoms with E-state index in [0.29, 0.717) is 6.54 Å². The van der Waals surface area contributed by atoms with Crippen molar-refractivity contribution in [3.8, 4) is 0 Å². The molecule has 3 rings (SSSR count). The molecule has 3 N–H and O–H groups in total. The number of fused-ring (bicyclic) bond motifs is 3. The lowest BCUT2D eigenvalue weighted by atomic mass is 10.1.